The van der Waals surface area contributed by atoms with Crippen molar-refractivity contribution >= 4 is 11.6 Å². The molecule has 3 heterocycles. The zero-order chi connectivity index (χ0) is 15.6. The first-order valence-corrected chi connectivity index (χ1v) is 8.25. The van der Waals surface area contributed by atoms with Crippen LogP contribution in [0.2, 0.25) is 0 Å². The van der Waals surface area contributed by atoms with Crippen LogP contribution in [-0.2, 0) is 9.47 Å². The van der Waals surface area contributed by atoms with E-state index in [1.165, 1.54) is 0 Å². The normalized spacial score (nSPS) is 22.0. The minimum absolute atomic E-state index is 0.337. The molecule has 2 aliphatic rings. The van der Waals surface area contributed by atoms with Gasteiger partial charge in [0.05, 0.1) is 13.2 Å². The van der Waals surface area contributed by atoms with Crippen LogP contribution in [0, 0.1) is 6.92 Å². The third-order valence-corrected chi connectivity index (χ3v) is 4.49. The van der Waals surface area contributed by atoms with Crippen molar-refractivity contribution in [3.05, 3.63) is 11.9 Å². The summed E-state index contributed by atoms with van der Waals surface area (Å²) in [7, 11) is 0. The molecule has 1 aromatic rings. The largest absolute Gasteiger partial charge is 0.367 e. The number of rotatable bonds is 4. The second kappa shape index (κ2) is 6.38. The molecule has 0 aliphatic carbocycles. The maximum Gasteiger partial charge on any atom is 0.171 e. The van der Waals surface area contributed by atoms with Gasteiger partial charge in [-0.15, -0.1) is 0 Å². The van der Waals surface area contributed by atoms with E-state index in [0.717, 1.165) is 63.0 Å². The van der Waals surface area contributed by atoms with Gasteiger partial charge in [-0.1, -0.05) is 6.92 Å². The summed E-state index contributed by atoms with van der Waals surface area (Å²) in [4.78, 5) is 11.4. The van der Waals surface area contributed by atoms with Gasteiger partial charge in [-0.25, -0.2) is 9.97 Å². The van der Waals surface area contributed by atoms with Crippen molar-refractivity contribution in [1.29, 1.82) is 0 Å². The fraction of sp³-hybridized carbons (Fsp3) is 0.750. The third kappa shape index (κ3) is 3.33. The fourth-order valence-corrected chi connectivity index (χ4v) is 3.00. The Morgan fingerprint density at radius 3 is 2.59 bits per heavy atom. The van der Waals surface area contributed by atoms with Gasteiger partial charge in [-0.3, -0.25) is 0 Å². The first-order chi connectivity index (χ1) is 10.6. The molecule has 6 nitrogen and oxygen atoms in total. The van der Waals surface area contributed by atoms with Crippen LogP contribution in [0.25, 0.3) is 0 Å². The Kier molecular flexibility index (Phi) is 4.49. The number of aromatic nitrogens is 2. The number of piperidine rings is 1. The molecule has 22 heavy (non-hydrogen) atoms. The molecular formula is C16H26N4O2. The van der Waals surface area contributed by atoms with Gasteiger partial charge in [0, 0.05) is 38.0 Å². The summed E-state index contributed by atoms with van der Waals surface area (Å²) < 4.78 is 11.6. The van der Waals surface area contributed by atoms with Gasteiger partial charge in [-0.05, 0) is 20.3 Å². The van der Waals surface area contributed by atoms with Crippen molar-refractivity contribution < 1.29 is 9.47 Å². The van der Waals surface area contributed by atoms with Crippen LogP contribution < -0.4 is 10.2 Å². The number of ether oxygens (including phenoxy) is 2. The smallest absolute Gasteiger partial charge is 0.171 e. The quantitative estimate of drug-likeness (QED) is 0.921. The molecule has 3 rings (SSSR count). The van der Waals surface area contributed by atoms with Gasteiger partial charge in [-0.2, -0.15) is 0 Å². The van der Waals surface area contributed by atoms with E-state index in [1.807, 2.05) is 13.0 Å². The molecule has 122 valence electrons. The van der Waals surface area contributed by atoms with E-state index in [1.54, 1.807) is 0 Å². The highest BCUT2D eigenvalue weighted by Gasteiger charge is 2.40. The topological polar surface area (TPSA) is 59.5 Å². The number of hydrogen-bond acceptors (Lipinski definition) is 6. The van der Waals surface area contributed by atoms with Crippen molar-refractivity contribution in [3.63, 3.8) is 0 Å². The number of aryl methyl sites for hydroxylation is 1. The summed E-state index contributed by atoms with van der Waals surface area (Å²) in [6.45, 7) is 9.51. The van der Waals surface area contributed by atoms with Gasteiger partial charge in [0.25, 0.3) is 0 Å². The first kappa shape index (κ1) is 15.5. The first-order valence-electron chi connectivity index (χ1n) is 8.25. The number of nitrogens with one attached hydrogen (secondary N) is 1. The maximum atomic E-state index is 5.79. The second-order valence-corrected chi connectivity index (χ2v) is 6.21. The zero-order valence-electron chi connectivity index (χ0n) is 13.8. The highest BCUT2D eigenvalue weighted by Crippen LogP contribution is 2.33. The Labute approximate surface area is 132 Å². The van der Waals surface area contributed by atoms with E-state index in [-0.39, 0.29) is 5.79 Å². The summed E-state index contributed by atoms with van der Waals surface area (Å²) in [5.41, 5.74) is 0. The average molecular weight is 306 g/mol. The number of hydrogen-bond donors (Lipinski definition) is 1. The van der Waals surface area contributed by atoms with E-state index < -0.39 is 0 Å². The summed E-state index contributed by atoms with van der Waals surface area (Å²) in [5.74, 6) is 2.37. The summed E-state index contributed by atoms with van der Waals surface area (Å²) in [6, 6.07) is 2.46. The SMILES string of the molecule is CCC(C)Nc1cc(N2CCC3(CC2)OCCO3)nc(C)n1. The molecule has 1 aromatic heterocycles. The molecule has 2 saturated heterocycles. The summed E-state index contributed by atoms with van der Waals surface area (Å²) in [5, 5.41) is 3.43. The maximum absolute atomic E-state index is 5.79. The number of nitrogens with zero attached hydrogens (tertiary/aromatic N) is 3. The molecule has 1 spiro atoms. The van der Waals surface area contributed by atoms with Crippen molar-refractivity contribution in [2.24, 2.45) is 0 Å². The van der Waals surface area contributed by atoms with Crippen LogP contribution >= 0.6 is 0 Å². The number of anilines is 2. The Morgan fingerprint density at radius 1 is 1.27 bits per heavy atom. The van der Waals surface area contributed by atoms with E-state index >= 15 is 0 Å². The molecule has 0 bridgehead atoms. The van der Waals surface area contributed by atoms with Crippen LogP contribution in [0.15, 0.2) is 6.07 Å². The molecule has 6 heteroatoms. The lowest BCUT2D eigenvalue weighted by Crippen LogP contribution is -2.45. The molecule has 0 radical (unpaired) electrons. The van der Waals surface area contributed by atoms with E-state index in [9.17, 15) is 0 Å². The second-order valence-electron chi connectivity index (χ2n) is 6.21. The average Bonchev–Trinajstić information content (AvgIpc) is 2.95. The highest BCUT2D eigenvalue weighted by atomic mass is 16.7. The van der Waals surface area contributed by atoms with Crippen LogP contribution in [0.3, 0.4) is 0 Å². The minimum atomic E-state index is -0.337. The Morgan fingerprint density at radius 2 is 1.95 bits per heavy atom. The summed E-state index contributed by atoms with van der Waals surface area (Å²) in [6.07, 6.45) is 2.85. The predicted molar refractivity (Wildman–Crippen MR) is 86.2 cm³/mol. The predicted octanol–water partition coefficient (Wildman–Crippen LogP) is 2.34. The van der Waals surface area contributed by atoms with Crippen LogP contribution in [0.4, 0.5) is 11.6 Å². The van der Waals surface area contributed by atoms with Gasteiger partial charge >= 0.3 is 0 Å². The van der Waals surface area contributed by atoms with Gasteiger partial charge in [0.2, 0.25) is 0 Å². The monoisotopic (exact) mass is 306 g/mol. The lowest BCUT2D eigenvalue weighted by molar-refractivity contribution is -0.169. The highest BCUT2D eigenvalue weighted by molar-refractivity contribution is 5.50. The molecule has 2 aliphatic heterocycles. The van der Waals surface area contributed by atoms with Gasteiger partial charge in [0.1, 0.15) is 17.5 Å². The molecule has 2 fully saturated rings. The van der Waals surface area contributed by atoms with Crippen molar-refractivity contribution in [2.45, 2.75) is 51.9 Å². The Bertz CT molecular complexity index is 507. The molecule has 1 N–H and O–H groups in total. The van der Waals surface area contributed by atoms with Gasteiger partial charge < -0.3 is 19.7 Å². The summed E-state index contributed by atoms with van der Waals surface area (Å²) >= 11 is 0. The standard InChI is InChI=1S/C16H26N4O2/c1-4-12(2)17-14-11-15(19-13(3)18-14)20-7-5-16(6-8-20)21-9-10-22-16/h11-12H,4-10H2,1-3H3,(H,17,18,19). The van der Waals surface area contributed by atoms with Gasteiger partial charge in [0.15, 0.2) is 5.79 Å². The minimum Gasteiger partial charge on any atom is -0.367 e. The van der Waals surface area contributed by atoms with Crippen molar-refractivity contribution in [1.82, 2.24) is 9.97 Å². The zero-order valence-corrected chi connectivity index (χ0v) is 13.8. The lowest BCUT2D eigenvalue weighted by Gasteiger charge is -2.38. The Balaban J connectivity index is 1.69. The molecule has 0 saturated carbocycles. The van der Waals surface area contributed by atoms with Crippen molar-refractivity contribution in [2.75, 3.05) is 36.5 Å². The fourth-order valence-electron chi connectivity index (χ4n) is 3.00. The molecular weight excluding hydrogens is 280 g/mol. The lowest BCUT2D eigenvalue weighted by atomic mass is 10.0. The van der Waals surface area contributed by atoms with Crippen molar-refractivity contribution in [3.8, 4) is 0 Å². The molecule has 0 amide bonds. The van der Waals surface area contributed by atoms with E-state index in [2.05, 4.69) is 34.0 Å². The molecule has 1 unspecified atom stereocenters. The van der Waals surface area contributed by atoms with E-state index in [4.69, 9.17) is 9.47 Å². The van der Waals surface area contributed by atoms with Crippen LogP contribution in [0.5, 0.6) is 0 Å². The Hall–Kier alpha value is -1.40. The van der Waals surface area contributed by atoms with Crippen LogP contribution in [0.1, 0.15) is 38.9 Å². The van der Waals surface area contributed by atoms with E-state index in [0.29, 0.717) is 6.04 Å². The van der Waals surface area contributed by atoms with Crippen LogP contribution in [-0.4, -0.2) is 48.1 Å². The molecule has 0 aromatic carbocycles. The third-order valence-electron chi connectivity index (χ3n) is 4.49. The molecule has 1 atom stereocenters.